The van der Waals surface area contributed by atoms with Crippen LogP contribution in [0.2, 0.25) is 0 Å². The molecule has 0 aromatic rings. The lowest BCUT2D eigenvalue weighted by atomic mass is 9.89. The summed E-state index contributed by atoms with van der Waals surface area (Å²) in [6, 6.07) is 0. The fourth-order valence-electron chi connectivity index (χ4n) is 2.29. The minimum Gasteiger partial charge on any atom is -0.359 e. The SMILES string of the molecule is CNC(=O)CCCNCC1(C)CCCC1. The molecule has 1 amide bonds. The minimum absolute atomic E-state index is 0.142. The molecule has 0 unspecified atom stereocenters. The topological polar surface area (TPSA) is 41.1 Å². The van der Waals surface area contributed by atoms with Crippen LogP contribution in [0.15, 0.2) is 0 Å². The van der Waals surface area contributed by atoms with E-state index >= 15 is 0 Å². The number of carbonyl (C=O) groups excluding carboxylic acids is 1. The summed E-state index contributed by atoms with van der Waals surface area (Å²) >= 11 is 0. The lowest BCUT2D eigenvalue weighted by molar-refractivity contribution is -0.120. The smallest absolute Gasteiger partial charge is 0.219 e. The molecule has 15 heavy (non-hydrogen) atoms. The number of hydrogen-bond acceptors (Lipinski definition) is 2. The van der Waals surface area contributed by atoms with Gasteiger partial charge < -0.3 is 10.6 Å². The third-order valence-electron chi connectivity index (χ3n) is 3.40. The third kappa shape index (κ3) is 4.65. The zero-order chi connectivity index (χ0) is 11.1. The molecule has 2 N–H and O–H groups in total. The van der Waals surface area contributed by atoms with E-state index < -0.39 is 0 Å². The van der Waals surface area contributed by atoms with Crippen LogP contribution in [0.5, 0.6) is 0 Å². The van der Waals surface area contributed by atoms with Crippen LogP contribution < -0.4 is 10.6 Å². The summed E-state index contributed by atoms with van der Waals surface area (Å²) in [5.41, 5.74) is 0.521. The average molecular weight is 212 g/mol. The first kappa shape index (κ1) is 12.5. The van der Waals surface area contributed by atoms with Gasteiger partial charge >= 0.3 is 0 Å². The van der Waals surface area contributed by atoms with E-state index in [2.05, 4.69) is 17.6 Å². The third-order valence-corrected chi connectivity index (χ3v) is 3.40. The molecule has 3 nitrogen and oxygen atoms in total. The van der Waals surface area contributed by atoms with Gasteiger partial charge in [-0.15, -0.1) is 0 Å². The summed E-state index contributed by atoms with van der Waals surface area (Å²) in [6.07, 6.45) is 7.06. The molecule has 0 spiro atoms. The van der Waals surface area contributed by atoms with Crippen LogP contribution in [0.3, 0.4) is 0 Å². The van der Waals surface area contributed by atoms with Gasteiger partial charge in [-0.05, 0) is 31.2 Å². The van der Waals surface area contributed by atoms with Crippen molar-refractivity contribution in [1.82, 2.24) is 10.6 Å². The van der Waals surface area contributed by atoms with E-state index in [1.165, 1.54) is 25.7 Å². The summed E-state index contributed by atoms with van der Waals surface area (Å²) in [6.45, 7) is 4.44. The molecule has 0 aliphatic heterocycles. The zero-order valence-electron chi connectivity index (χ0n) is 10.1. The van der Waals surface area contributed by atoms with Crippen molar-refractivity contribution in [2.24, 2.45) is 5.41 Å². The second-order valence-corrected chi connectivity index (χ2v) is 4.97. The Morgan fingerprint density at radius 2 is 2.00 bits per heavy atom. The van der Waals surface area contributed by atoms with Crippen LogP contribution in [0.25, 0.3) is 0 Å². The van der Waals surface area contributed by atoms with E-state index in [0.717, 1.165) is 19.5 Å². The summed E-state index contributed by atoms with van der Waals surface area (Å²) < 4.78 is 0. The van der Waals surface area contributed by atoms with Crippen LogP contribution in [0, 0.1) is 5.41 Å². The van der Waals surface area contributed by atoms with E-state index in [1.807, 2.05) is 0 Å². The van der Waals surface area contributed by atoms with Crippen LogP contribution in [0.1, 0.15) is 45.4 Å². The maximum Gasteiger partial charge on any atom is 0.219 e. The summed E-state index contributed by atoms with van der Waals surface area (Å²) in [7, 11) is 1.69. The van der Waals surface area contributed by atoms with Crippen molar-refractivity contribution in [3.8, 4) is 0 Å². The maximum atomic E-state index is 11.0. The van der Waals surface area contributed by atoms with Crippen molar-refractivity contribution >= 4 is 5.91 Å². The summed E-state index contributed by atoms with van der Waals surface area (Å²) in [5, 5.41) is 6.11. The van der Waals surface area contributed by atoms with Crippen molar-refractivity contribution in [3.63, 3.8) is 0 Å². The predicted molar refractivity (Wildman–Crippen MR) is 62.7 cm³/mol. The monoisotopic (exact) mass is 212 g/mol. The number of rotatable bonds is 6. The highest BCUT2D eigenvalue weighted by Crippen LogP contribution is 2.36. The molecule has 88 valence electrons. The molecule has 0 aromatic heterocycles. The predicted octanol–water partition coefficient (Wildman–Crippen LogP) is 1.68. The highest BCUT2D eigenvalue weighted by atomic mass is 16.1. The second kappa shape index (κ2) is 6.11. The van der Waals surface area contributed by atoms with Crippen LogP contribution in [0.4, 0.5) is 0 Å². The van der Waals surface area contributed by atoms with Crippen LogP contribution >= 0.6 is 0 Å². The van der Waals surface area contributed by atoms with Crippen LogP contribution in [-0.4, -0.2) is 26.0 Å². The first-order valence-electron chi connectivity index (χ1n) is 6.08. The van der Waals surface area contributed by atoms with Crippen molar-refractivity contribution in [2.45, 2.75) is 45.4 Å². The fourth-order valence-corrected chi connectivity index (χ4v) is 2.29. The first-order chi connectivity index (χ1) is 7.16. The van der Waals surface area contributed by atoms with Crippen molar-refractivity contribution < 1.29 is 4.79 Å². The van der Waals surface area contributed by atoms with Gasteiger partial charge in [-0.1, -0.05) is 19.8 Å². The van der Waals surface area contributed by atoms with E-state index in [1.54, 1.807) is 7.05 Å². The normalized spacial score (nSPS) is 19.1. The van der Waals surface area contributed by atoms with E-state index in [0.29, 0.717) is 11.8 Å². The highest BCUT2D eigenvalue weighted by molar-refractivity contribution is 5.75. The molecule has 0 heterocycles. The van der Waals surface area contributed by atoms with Gasteiger partial charge in [0.2, 0.25) is 5.91 Å². The van der Waals surface area contributed by atoms with Gasteiger partial charge in [0.25, 0.3) is 0 Å². The van der Waals surface area contributed by atoms with Gasteiger partial charge in [0.1, 0.15) is 0 Å². The largest absolute Gasteiger partial charge is 0.359 e. The van der Waals surface area contributed by atoms with Gasteiger partial charge in [-0.2, -0.15) is 0 Å². The maximum absolute atomic E-state index is 11.0. The standard InChI is InChI=1S/C12H24N2O/c1-12(7-3-4-8-12)10-14-9-5-6-11(15)13-2/h14H,3-10H2,1-2H3,(H,13,15). The molecule has 1 saturated carbocycles. The van der Waals surface area contributed by atoms with E-state index in [-0.39, 0.29) is 5.91 Å². The molecule has 1 rings (SSSR count). The van der Waals surface area contributed by atoms with E-state index in [9.17, 15) is 4.79 Å². The van der Waals surface area contributed by atoms with Gasteiger partial charge in [-0.25, -0.2) is 0 Å². The summed E-state index contributed by atoms with van der Waals surface area (Å²) in [4.78, 5) is 11.0. The second-order valence-electron chi connectivity index (χ2n) is 4.97. The molecule has 0 atom stereocenters. The highest BCUT2D eigenvalue weighted by Gasteiger charge is 2.27. The molecule has 3 heteroatoms. The Labute approximate surface area is 93.0 Å². The Morgan fingerprint density at radius 1 is 1.33 bits per heavy atom. The lowest BCUT2D eigenvalue weighted by Gasteiger charge is -2.23. The number of hydrogen-bond donors (Lipinski definition) is 2. The van der Waals surface area contributed by atoms with Crippen molar-refractivity contribution in [3.05, 3.63) is 0 Å². The number of nitrogens with one attached hydrogen (secondary N) is 2. The average Bonchev–Trinajstić information content (AvgIpc) is 2.64. The Hall–Kier alpha value is -0.570. The zero-order valence-corrected chi connectivity index (χ0v) is 10.1. The molecule has 0 radical (unpaired) electrons. The first-order valence-corrected chi connectivity index (χ1v) is 6.08. The van der Waals surface area contributed by atoms with Gasteiger partial charge in [0.05, 0.1) is 0 Å². The van der Waals surface area contributed by atoms with E-state index in [4.69, 9.17) is 0 Å². The fraction of sp³-hybridized carbons (Fsp3) is 0.917. The Balaban J connectivity index is 1.99. The Kier molecular flexibility index (Phi) is 5.09. The Morgan fingerprint density at radius 3 is 2.60 bits per heavy atom. The molecular formula is C12H24N2O. The molecule has 0 bridgehead atoms. The molecular weight excluding hydrogens is 188 g/mol. The molecule has 1 fully saturated rings. The van der Waals surface area contributed by atoms with Gasteiger partial charge in [0, 0.05) is 20.0 Å². The molecule has 0 saturated heterocycles. The molecule has 0 aromatic carbocycles. The molecule has 1 aliphatic carbocycles. The van der Waals surface area contributed by atoms with Crippen molar-refractivity contribution in [1.29, 1.82) is 0 Å². The quantitative estimate of drug-likeness (QED) is 0.658. The van der Waals surface area contributed by atoms with Gasteiger partial charge in [-0.3, -0.25) is 4.79 Å². The summed E-state index contributed by atoms with van der Waals surface area (Å²) in [5.74, 6) is 0.142. The van der Waals surface area contributed by atoms with Crippen molar-refractivity contribution in [2.75, 3.05) is 20.1 Å². The number of carbonyl (C=O) groups is 1. The van der Waals surface area contributed by atoms with Crippen LogP contribution in [-0.2, 0) is 4.79 Å². The number of amides is 1. The minimum atomic E-state index is 0.142. The lowest BCUT2D eigenvalue weighted by Crippen LogP contribution is -2.30. The van der Waals surface area contributed by atoms with Gasteiger partial charge in [0.15, 0.2) is 0 Å². The Bertz CT molecular complexity index is 198. The molecule has 1 aliphatic rings.